The van der Waals surface area contributed by atoms with Gasteiger partial charge in [0.25, 0.3) is 0 Å². The molecule has 0 bridgehead atoms. The van der Waals surface area contributed by atoms with Gasteiger partial charge in [-0.1, -0.05) is 90.2 Å². The van der Waals surface area contributed by atoms with Gasteiger partial charge in [-0.15, -0.1) is 0 Å². The zero-order chi connectivity index (χ0) is 20.9. The molecule has 0 atom stereocenters. The Morgan fingerprint density at radius 2 is 1.18 bits per heavy atom. The van der Waals surface area contributed by atoms with Crippen LogP contribution in [0.25, 0.3) is 0 Å². The van der Waals surface area contributed by atoms with E-state index < -0.39 is 11.9 Å². The highest BCUT2D eigenvalue weighted by atomic mass is 16.8. The SMILES string of the molecule is CCCCCCCCC=CCCCCCCCC(=O)OC(O)(O)CCCCC. The molecule has 0 spiro atoms. The molecule has 0 aromatic carbocycles. The van der Waals surface area contributed by atoms with Crippen LogP contribution in [0.5, 0.6) is 0 Å². The highest BCUT2D eigenvalue weighted by Gasteiger charge is 2.27. The molecule has 0 aromatic heterocycles. The lowest BCUT2D eigenvalue weighted by Crippen LogP contribution is -2.34. The Morgan fingerprint density at radius 3 is 1.75 bits per heavy atom. The summed E-state index contributed by atoms with van der Waals surface area (Å²) >= 11 is 0. The molecule has 0 aliphatic rings. The Kier molecular flexibility index (Phi) is 18.8. The second-order valence-corrected chi connectivity index (χ2v) is 8.01. The van der Waals surface area contributed by atoms with Crippen LogP contribution in [0.1, 0.15) is 129 Å². The van der Waals surface area contributed by atoms with Crippen LogP contribution in [0.15, 0.2) is 12.2 Å². The number of allylic oxidation sites excluding steroid dienone is 2. The van der Waals surface area contributed by atoms with Crippen molar-refractivity contribution < 1.29 is 19.7 Å². The van der Waals surface area contributed by atoms with Gasteiger partial charge in [-0.05, 0) is 38.5 Å². The zero-order valence-electron chi connectivity index (χ0n) is 18.6. The van der Waals surface area contributed by atoms with Crippen LogP contribution in [-0.4, -0.2) is 22.2 Å². The van der Waals surface area contributed by atoms with Crippen LogP contribution in [0.4, 0.5) is 0 Å². The highest BCUT2D eigenvalue weighted by Crippen LogP contribution is 2.16. The number of carbonyl (C=O) groups excluding carboxylic acids is 1. The van der Waals surface area contributed by atoms with Crippen molar-refractivity contribution in [1.82, 2.24) is 0 Å². The molecule has 0 amide bonds. The molecule has 166 valence electrons. The van der Waals surface area contributed by atoms with E-state index >= 15 is 0 Å². The van der Waals surface area contributed by atoms with Crippen LogP contribution in [-0.2, 0) is 9.53 Å². The molecule has 0 fully saturated rings. The van der Waals surface area contributed by atoms with Crippen LogP contribution in [0.3, 0.4) is 0 Å². The normalized spacial score (nSPS) is 12.0. The first-order chi connectivity index (χ1) is 13.5. The van der Waals surface area contributed by atoms with E-state index in [0.29, 0.717) is 6.42 Å². The maximum atomic E-state index is 11.7. The summed E-state index contributed by atoms with van der Waals surface area (Å²) in [7, 11) is 0. The van der Waals surface area contributed by atoms with Gasteiger partial charge in [-0.25, -0.2) is 0 Å². The lowest BCUT2D eigenvalue weighted by atomic mass is 10.1. The van der Waals surface area contributed by atoms with Gasteiger partial charge in [0.15, 0.2) is 0 Å². The zero-order valence-corrected chi connectivity index (χ0v) is 18.6. The molecular formula is C24H46O4. The number of unbranched alkanes of at least 4 members (excludes halogenated alkanes) is 13. The molecule has 0 rings (SSSR count). The molecule has 4 nitrogen and oxygen atoms in total. The van der Waals surface area contributed by atoms with Crippen LogP contribution >= 0.6 is 0 Å². The van der Waals surface area contributed by atoms with Crippen molar-refractivity contribution in [2.75, 3.05) is 0 Å². The third-order valence-corrected chi connectivity index (χ3v) is 5.03. The summed E-state index contributed by atoms with van der Waals surface area (Å²) in [6, 6.07) is 0. The fourth-order valence-electron chi connectivity index (χ4n) is 3.23. The summed E-state index contributed by atoms with van der Waals surface area (Å²) in [5.74, 6) is -2.81. The average molecular weight is 399 g/mol. The summed E-state index contributed by atoms with van der Waals surface area (Å²) in [6.45, 7) is 4.29. The largest absolute Gasteiger partial charge is 0.408 e. The second-order valence-electron chi connectivity index (χ2n) is 8.01. The smallest absolute Gasteiger partial charge is 0.324 e. The molecule has 0 aliphatic heterocycles. The lowest BCUT2D eigenvalue weighted by molar-refractivity contribution is -0.322. The second kappa shape index (κ2) is 19.4. The first-order valence-electron chi connectivity index (χ1n) is 11.8. The molecule has 0 aromatic rings. The molecule has 0 radical (unpaired) electrons. The van der Waals surface area contributed by atoms with Gasteiger partial charge < -0.3 is 14.9 Å². The standard InChI is InChI=1S/C24H46O4/c1-3-5-7-8-9-10-11-12-13-14-15-16-17-18-19-21-23(25)28-24(26,27)22-20-6-4-2/h12-13,26-27H,3-11,14-22H2,1-2H3. The number of rotatable bonds is 20. The molecule has 0 saturated carbocycles. The Bertz CT molecular complexity index is 377. The first kappa shape index (κ1) is 27.1. The van der Waals surface area contributed by atoms with E-state index in [2.05, 4.69) is 19.1 Å². The predicted molar refractivity (Wildman–Crippen MR) is 117 cm³/mol. The predicted octanol–water partition coefficient (Wildman–Crippen LogP) is 6.79. The van der Waals surface area contributed by atoms with E-state index in [1.54, 1.807) is 0 Å². The number of ether oxygens (including phenoxy) is 1. The summed E-state index contributed by atoms with van der Waals surface area (Å²) in [5.41, 5.74) is 0. The summed E-state index contributed by atoms with van der Waals surface area (Å²) in [5, 5.41) is 19.3. The molecule has 4 heteroatoms. The molecule has 0 unspecified atom stereocenters. The number of esters is 1. The monoisotopic (exact) mass is 398 g/mol. The van der Waals surface area contributed by atoms with E-state index in [1.807, 2.05) is 6.92 Å². The molecular weight excluding hydrogens is 352 g/mol. The number of aliphatic hydroxyl groups is 2. The van der Waals surface area contributed by atoms with Crippen LogP contribution in [0, 0.1) is 0 Å². The van der Waals surface area contributed by atoms with Crippen molar-refractivity contribution in [3.63, 3.8) is 0 Å². The van der Waals surface area contributed by atoms with E-state index in [1.165, 1.54) is 57.8 Å². The van der Waals surface area contributed by atoms with Gasteiger partial charge in [0.1, 0.15) is 0 Å². The van der Waals surface area contributed by atoms with E-state index in [4.69, 9.17) is 4.74 Å². The minimum atomic E-state index is -2.30. The summed E-state index contributed by atoms with van der Waals surface area (Å²) < 4.78 is 4.77. The third-order valence-electron chi connectivity index (χ3n) is 5.03. The average Bonchev–Trinajstić information content (AvgIpc) is 2.64. The maximum absolute atomic E-state index is 11.7. The number of hydrogen-bond acceptors (Lipinski definition) is 4. The van der Waals surface area contributed by atoms with Crippen LogP contribution in [0.2, 0.25) is 0 Å². The molecule has 0 aliphatic carbocycles. The van der Waals surface area contributed by atoms with E-state index in [0.717, 1.165) is 38.5 Å². The Morgan fingerprint density at radius 1 is 0.714 bits per heavy atom. The van der Waals surface area contributed by atoms with Crippen molar-refractivity contribution in [3.8, 4) is 0 Å². The molecule has 0 saturated heterocycles. The summed E-state index contributed by atoms with van der Waals surface area (Å²) in [4.78, 5) is 11.7. The topological polar surface area (TPSA) is 66.8 Å². The fraction of sp³-hybridized carbons (Fsp3) is 0.875. The first-order valence-corrected chi connectivity index (χ1v) is 11.8. The minimum Gasteiger partial charge on any atom is -0.408 e. The van der Waals surface area contributed by atoms with Gasteiger partial charge in [0, 0.05) is 12.8 Å². The van der Waals surface area contributed by atoms with Crippen molar-refractivity contribution in [2.45, 2.75) is 135 Å². The third kappa shape index (κ3) is 19.9. The van der Waals surface area contributed by atoms with Gasteiger partial charge in [-0.2, -0.15) is 0 Å². The highest BCUT2D eigenvalue weighted by molar-refractivity contribution is 5.69. The molecule has 2 N–H and O–H groups in total. The quantitative estimate of drug-likeness (QED) is 0.103. The minimum absolute atomic E-state index is 0.0823. The van der Waals surface area contributed by atoms with Gasteiger partial charge in [0.2, 0.25) is 0 Å². The Labute approximate surface area is 173 Å². The van der Waals surface area contributed by atoms with Crippen LogP contribution < -0.4 is 0 Å². The van der Waals surface area contributed by atoms with Gasteiger partial charge in [-0.3, -0.25) is 4.79 Å². The van der Waals surface area contributed by atoms with E-state index in [-0.39, 0.29) is 12.8 Å². The molecule has 0 heterocycles. The van der Waals surface area contributed by atoms with Crippen molar-refractivity contribution in [3.05, 3.63) is 12.2 Å². The maximum Gasteiger partial charge on any atom is 0.324 e. The van der Waals surface area contributed by atoms with Gasteiger partial charge in [0.05, 0.1) is 0 Å². The number of carbonyl (C=O) groups is 1. The Balaban J connectivity index is 3.42. The molecule has 28 heavy (non-hydrogen) atoms. The van der Waals surface area contributed by atoms with Crippen molar-refractivity contribution in [2.24, 2.45) is 0 Å². The Hall–Kier alpha value is -0.870. The van der Waals surface area contributed by atoms with Gasteiger partial charge >= 0.3 is 11.9 Å². The van der Waals surface area contributed by atoms with Crippen molar-refractivity contribution in [1.29, 1.82) is 0 Å². The summed E-state index contributed by atoms with van der Waals surface area (Å²) in [6.07, 6.45) is 23.2. The lowest BCUT2D eigenvalue weighted by Gasteiger charge is -2.21. The van der Waals surface area contributed by atoms with Crippen molar-refractivity contribution >= 4 is 5.97 Å². The fourth-order valence-corrected chi connectivity index (χ4v) is 3.23. The number of hydrogen-bond donors (Lipinski definition) is 2. The van der Waals surface area contributed by atoms with E-state index in [9.17, 15) is 15.0 Å².